The van der Waals surface area contributed by atoms with Crippen LogP contribution in [0.2, 0.25) is 0 Å². The highest BCUT2D eigenvalue weighted by Gasteiger charge is 2.26. The number of nitrogens with one attached hydrogen (secondary N) is 1. The van der Waals surface area contributed by atoms with E-state index < -0.39 is 0 Å². The number of hydrogen-bond acceptors (Lipinski definition) is 1. The average molecular weight is 188 g/mol. The monoisotopic (exact) mass is 188 g/mol. The molecule has 1 N–H and O–H groups in total. The number of hydrogen-bond donors (Lipinski definition) is 1. The van der Waals surface area contributed by atoms with Gasteiger partial charge in [-0.2, -0.15) is 0 Å². The van der Waals surface area contributed by atoms with Crippen LogP contribution in [0.4, 0.5) is 0 Å². The van der Waals surface area contributed by atoms with Gasteiger partial charge in [0.2, 0.25) is 0 Å². The van der Waals surface area contributed by atoms with Crippen molar-refractivity contribution in [3.05, 3.63) is 41.5 Å². The molecule has 0 aliphatic carbocycles. The third kappa shape index (κ3) is 1.49. The normalized spacial score (nSPS) is 21.1. The van der Waals surface area contributed by atoms with E-state index in [0.29, 0.717) is 0 Å². The van der Waals surface area contributed by atoms with Crippen LogP contribution in [0.5, 0.6) is 0 Å². The van der Waals surface area contributed by atoms with E-state index in [1.807, 2.05) is 44.3 Å². The van der Waals surface area contributed by atoms with Crippen molar-refractivity contribution in [1.29, 1.82) is 0 Å². The lowest BCUT2D eigenvalue weighted by atomic mass is 10.1. The molecule has 0 radical (unpaired) electrons. The minimum atomic E-state index is 0.203. The Bertz CT molecular complexity index is 389. The lowest BCUT2D eigenvalue weighted by Gasteiger charge is -2.03. The molecule has 0 spiro atoms. The molecule has 0 aromatic heterocycles. The van der Waals surface area contributed by atoms with Crippen molar-refractivity contribution in [3.8, 4) is 0 Å². The molecule has 1 aromatic rings. The summed E-state index contributed by atoms with van der Waals surface area (Å²) in [6.45, 7) is 2.86. The zero-order valence-electron chi connectivity index (χ0n) is 8.50. The first-order valence-corrected chi connectivity index (χ1v) is 4.83. The Morgan fingerprint density at radius 3 is 2.36 bits per heavy atom. The fourth-order valence-corrected chi connectivity index (χ4v) is 1.65. The molecule has 2 nitrogen and oxygen atoms in total. The van der Waals surface area contributed by atoms with Gasteiger partial charge in [0.05, 0.1) is 12.6 Å². The van der Waals surface area contributed by atoms with Gasteiger partial charge in [-0.3, -0.25) is 4.90 Å². The third-order valence-electron chi connectivity index (χ3n) is 2.61. The molecular weight excluding hydrogens is 174 g/mol. The molecule has 72 valence electrons. The first-order valence-electron chi connectivity index (χ1n) is 4.83. The van der Waals surface area contributed by atoms with Crippen LogP contribution in [-0.2, 0) is 4.79 Å². The summed E-state index contributed by atoms with van der Waals surface area (Å²) in [5.41, 5.74) is 3.13. The largest absolute Gasteiger partial charge is 0.344 e. The molecule has 1 heterocycles. The van der Waals surface area contributed by atoms with E-state index in [-0.39, 0.29) is 5.91 Å². The van der Waals surface area contributed by atoms with Gasteiger partial charge in [0.1, 0.15) is 6.54 Å². The maximum Gasteiger partial charge on any atom is 0.344 e. The maximum absolute atomic E-state index is 11.7. The second-order valence-corrected chi connectivity index (χ2v) is 3.80. The zero-order valence-corrected chi connectivity index (χ0v) is 8.50. The fraction of sp³-hybridized carbons (Fsp3) is 0.250. The van der Waals surface area contributed by atoms with E-state index in [2.05, 4.69) is 0 Å². The van der Waals surface area contributed by atoms with Crippen LogP contribution in [0.3, 0.4) is 0 Å². The summed E-state index contributed by atoms with van der Waals surface area (Å²) in [5.74, 6) is 0.203. The maximum atomic E-state index is 11.7. The van der Waals surface area contributed by atoms with Crippen LogP contribution < -0.4 is 4.90 Å². The van der Waals surface area contributed by atoms with Crippen LogP contribution in [0.15, 0.2) is 30.3 Å². The van der Waals surface area contributed by atoms with Gasteiger partial charge < -0.3 is 0 Å². The van der Waals surface area contributed by atoms with E-state index in [1.54, 1.807) is 0 Å². The Morgan fingerprint density at radius 2 is 1.86 bits per heavy atom. The summed E-state index contributed by atoms with van der Waals surface area (Å²) in [6, 6.07) is 8.10. The number of likely N-dealkylation sites (N-methyl/N-ethyl adjacent to an activating group) is 1. The standard InChI is InChI=1S/C12H13NO/c1-9-3-5-10(6-4-9)11-7-8-13(2)12(11)14/h3-7H,8H2,1-2H3/p+1. The van der Waals surface area contributed by atoms with E-state index in [4.69, 9.17) is 0 Å². The molecular formula is C12H14NO+. The Balaban J connectivity index is 2.33. The van der Waals surface area contributed by atoms with Crippen LogP contribution >= 0.6 is 0 Å². The lowest BCUT2D eigenvalue weighted by molar-refractivity contribution is -0.783. The first-order chi connectivity index (χ1) is 6.68. The van der Waals surface area contributed by atoms with Gasteiger partial charge in [-0.05, 0) is 18.6 Å². The molecule has 0 bridgehead atoms. The van der Waals surface area contributed by atoms with Gasteiger partial charge in [0, 0.05) is 0 Å². The van der Waals surface area contributed by atoms with Crippen molar-refractivity contribution in [1.82, 2.24) is 0 Å². The molecule has 2 heteroatoms. The smallest absolute Gasteiger partial charge is 0.267 e. The minimum absolute atomic E-state index is 0.203. The van der Waals surface area contributed by atoms with Gasteiger partial charge in [-0.25, -0.2) is 4.79 Å². The molecule has 1 aromatic carbocycles. The first kappa shape index (κ1) is 9.16. The predicted molar refractivity (Wildman–Crippen MR) is 55.9 cm³/mol. The summed E-state index contributed by atoms with van der Waals surface area (Å²) in [5, 5.41) is 0. The molecule has 14 heavy (non-hydrogen) atoms. The number of carbonyl (C=O) groups excluding carboxylic acids is 1. The van der Waals surface area contributed by atoms with E-state index >= 15 is 0 Å². The summed E-state index contributed by atoms with van der Waals surface area (Å²) >= 11 is 0. The molecule has 1 unspecified atom stereocenters. The Kier molecular flexibility index (Phi) is 2.22. The predicted octanol–water partition coefficient (Wildman–Crippen LogP) is 0.433. The van der Waals surface area contributed by atoms with Gasteiger partial charge >= 0.3 is 5.91 Å². The highest BCUT2D eigenvalue weighted by molar-refractivity contribution is 6.16. The summed E-state index contributed by atoms with van der Waals surface area (Å²) in [7, 11) is 1.90. The topological polar surface area (TPSA) is 21.5 Å². The van der Waals surface area contributed by atoms with Crippen molar-refractivity contribution < 1.29 is 9.69 Å². The Labute approximate surface area is 83.8 Å². The highest BCUT2D eigenvalue weighted by Crippen LogP contribution is 2.15. The second kappa shape index (κ2) is 3.39. The number of quaternary nitrogens is 1. The van der Waals surface area contributed by atoms with Crippen LogP contribution in [-0.4, -0.2) is 19.5 Å². The summed E-state index contributed by atoms with van der Waals surface area (Å²) in [6.07, 6.45) is 2.02. The third-order valence-corrected chi connectivity index (χ3v) is 2.61. The quantitative estimate of drug-likeness (QED) is 0.678. The molecule has 0 saturated heterocycles. The number of aryl methyl sites for hydroxylation is 1. The summed E-state index contributed by atoms with van der Waals surface area (Å²) < 4.78 is 0. The second-order valence-electron chi connectivity index (χ2n) is 3.80. The van der Waals surface area contributed by atoms with Crippen molar-refractivity contribution in [2.75, 3.05) is 13.6 Å². The van der Waals surface area contributed by atoms with Crippen molar-refractivity contribution >= 4 is 11.5 Å². The molecule has 1 amide bonds. The molecule has 1 aliphatic rings. The highest BCUT2D eigenvalue weighted by atomic mass is 16.2. The fourth-order valence-electron chi connectivity index (χ4n) is 1.65. The lowest BCUT2D eigenvalue weighted by Crippen LogP contribution is -3.09. The molecule has 1 aliphatic heterocycles. The van der Waals surface area contributed by atoms with E-state index in [0.717, 1.165) is 22.6 Å². The molecule has 0 saturated carbocycles. The number of rotatable bonds is 1. The van der Waals surface area contributed by atoms with Crippen LogP contribution in [0, 0.1) is 6.92 Å². The number of amides is 1. The number of benzene rings is 1. The zero-order chi connectivity index (χ0) is 10.1. The summed E-state index contributed by atoms with van der Waals surface area (Å²) in [4.78, 5) is 12.6. The Hall–Kier alpha value is -1.41. The van der Waals surface area contributed by atoms with Crippen molar-refractivity contribution in [3.63, 3.8) is 0 Å². The molecule has 0 fully saturated rings. The molecule has 1 atom stereocenters. The SMILES string of the molecule is Cc1ccc(C2=CC[NH+](C)C2=O)cc1. The van der Waals surface area contributed by atoms with Crippen molar-refractivity contribution in [2.45, 2.75) is 6.92 Å². The average Bonchev–Trinajstić information content (AvgIpc) is 2.50. The van der Waals surface area contributed by atoms with Crippen LogP contribution in [0.1, 0.15) is 11.1 Å². The number of carbonyl (C=O) groups is 1. The minimum Gasteiger partial charge on any atom is -0.267 e. The van der Waals surface area contributed by atoms with Gasteiger partial charge in [0.15, 0.2) is 0 Å². The molecule has 2 rings (SSSR count). The van der Waals surface area contributed by atoms with E-state index in [1.165, 1.54) is 5.56 Å². The van der Waals surface area contributed by atoms with E-state index in [9.17, 15) is 4.79 Å². The van der Waals surface area contributed by atoms with Gasteiger partial charge in [-0.15, -0.1) is 0 Å². The van der Waals surface area contributed by atoms with Gasteiger partial charge in [-0.1, -0.05) is 29.8 Å². The van der Waals surface area contributed by atoms with Crippen LogP contribution in [0.25, 0.3) is 5.57 Å². The van der Waals surface area contributed by atoms with Crippen molar-refractivity contribution in [2.24, 2.45) is 0 Å². The Morgan fingerprint density at radius 1 is 1.21 bits per heavy atom. The van der Waals surface area contributed by atoms with Gasteiger partial charge in [0.25, 0.3) is 0 Å².